The molecule has 0 aliphatic heterocycles. The van der Waals surface area contributed by atoms with Crippen molar-refractivity contribution in [1.29, 1.82) is 0 Å². The van der Waals surface area contributed by atoms with E-state index in [0.29, 0.717) is 5.52 Å². The fraction of sp³-hybridized carbons (Fsp3) is 0.0625. The van der Waals surface area contributed by atoms with Crippen LogP contribution in [0.3, 0.4) is 0 Å². The van der Waals surface area contributed by atoms with Crippen LogP contribution >= 0.6 is 0 Å². The second-order valence-electron chi connectivity index (χ2n) is 5.07. The Hall–Kier alpha value is -3.00. The van der Waals surface area contributed by atoms with Gasteiger partial charge in [-0.25, -0.2) is 4.98 Å². The molecule has 0 atom stereocenters. The summed E-state index contributed by atoms with van der Waals surface area (Å²) in [6.07, 6.45) is 0. The molecule has 8 heteroatoms. The van der Waals surface area contributed by atoms with E-state index >= 15 is 0 Å². The van der Waals surface area contributed by atoms with Gasteiger partial charge in [0.05, 0.1) is 4.92 Å². The highest BCUT2D eigenvalue weighted by molar-refractivity contribution is 7.87. The second kappa shape index (κ2) is 5.89. The monoisotopic (exact) mass is 344 g/mol. The number of hydrogen-bond acceptors (Lipinski definition) is 6. The minimum atomic E-state index is -4.12. The van der Waals surface area contributed by atoms with Gasteiger partial charge in [0.25, 0.3) is 5.69 Å². The lowest BCUT2D eigenvalue weighted by molar-refractivity contribution is -0.384. The molecule has 0 N–H and O–H groups in total. The van der Waals surface area contributed by atoms with Crippen molar-refractivity contribution in [3.63, 3.8) is 0 Å². The molecule has 1 aromatic heterocycles. The van der Waals surface area contributed by atoms with Gasteiger partial charge < -0.3 is 4.18 Å². The van der Waals surface area contributed by atoms with E-state index in [2.05, 4.69) is 4.98 Å². The number of hydrogen-bond donors (Lipinski definition) is 0. The number of pyridine rings is 1. The molecular weight excluding hydrogens is 332 g/mol. The zero-order valence-electron chi connectivity index (χ0n) is 12.5. The maximum absolute atomic E-state index is 12.4. The molecular formula is C16H12N2O5S. The summed E-state index contributed by atoms with van der Waals surface area (Å²) >= 11 is 0. The summed E-state index contributed by atoms with van der Waals surface area (Å²) in [6.45, 7) is 1.79. The van der Waals surface area contributed by atoms with Crippen LogP contribution in [0.1, 0.15) is 5.69 Å². The zero-order chi connectivity index (χ0) is 17.3. The number of fused-ring (bicyclic) bond motifs is 1. The Morgan fingerprint density at radius 1 is 1.04 bits per heavy atom. The molecule has 1 heterocycles. The van der Waals surface area contributed by atoms with Crippen molar-refractivity contribution in [1.82, 2.24) is 4.98 Å². The fourth-order valence-corrected chi connectivity index (χ4v) is 3.12. The number of non-ortho nitro benzene ring substituents is 1. The minimum absolute atomic E-state index is 0.106. The summed E-state index contributed by atoms with van der Waals surface area (Å²) in [7, 11) is -4.12. The molecule has 0 radical (unpaired) electrons. The number of nitro benzene ring substituents is 1. The number of rotatable bonds is 4. The third kappa shape index (κ3) is 3.04. The highest BCUT2D eigenvalue weighted by Gasteiger charge is 2.19. The van der Waals surface area contributed by atoms with Crippen molar-refractivity contribution in [3.8, 4) is 5.75 Å². The van der Waals surface area contributed by atoms with Gasteiger partial charge in [-0.2, -0.15) is 8.42 Å². The lowest BCUT2D eigenvalue weighted by Crippen LogP contribution is -2.10. The van der Waals surface area contributed by atoms with E-state index < -0.39 is 15.0 Å². The summed E-state index contributed by atoms with van der Waals surface area (Å²) in [6, 6.07) is 13.1. The Morgan fingerprint density at radius 3 is 2.42 bits per heavy atom. The largest absolute Gasteiger partial charge is 0.377 e. The first-order valence-electron chi connectivity index (χ1n) is 6.92. The normalized spacial score (nSPS) is 11.4. The average molecular weight is 344 g/mol. The number of nitro groups is 1. The van der Waals surface area contributed by atoms with Crippen LogP contribution in [0.15, 0.2) is 59.5 Å². The topological polar surface area (TPSA) is 99.4 Å². The molecule has 2 aromatic carbocycles. The maximum Gasteiger partial charge on any atom is 0.339 e. The van der Waals surface area contributed by atoms with Crippen LogP contribution < -0.4 is 4.18 Å². The predicted octanol–water partition coefficient (Wildman–Crippen LogP) is 3.22. The lowest BCUT2D eigenvalue weighted by Gasteiger charge is -2.09. The summed E-state index contributed by atoms with van der Waals surface area (Å²) in [5.41, 5.74) is 0.964. The average Bonchev–Trinajstić information content (AvgIpc) is 2.55. The Labute approximate surface area is 137 Å². The minimum Gasteiger partial charge on any atom is -0.377 e. The molecule has 0 amide bonds. The van der Waals surface area contributed by atoms with Crippen LogP contribution in [0.25, 0.3) is 10.9 Å². The van der Waals surface area contributed by atoms with E-state index in [1.54, 1.807) is 19.1 Å². The molecule has 0 spiro atoms. The molecule has 0 aliphatic carbocycles. The maximum atomic E-state index is 12.4. The smallest absolute Gasteiger partial charge is 0.339 e. The fourth-order valence-electron chi connectivity index (χ4n) is 2.19. The van der Waals surface area contributed by atoms with Crippen molar-refractivity contribution >= 4 is 26.7 Å². The van der Waals surface area contributed by atoms with E-state index in [4.69, 9.17) is 4.18 Å². The summed E-state index contributed by atoms with van der Waals surface area (Å²) in [4.78, 5) is 14.2. The molecule has 7 nitrogen and oxygen atoms in total. The van der Waals surface area contributed by atoms with Crippen LogP contribution in [-0.4, -0.2) is 18.3 Å². The van der Waals surface area contributed by atoms with Gasteiger partial charge in [-0.3, -0.25) is 10.1 Å². The van der Waals surface area contributed by atoms with Gasteiger partial charge in [0.2, 0.25) is 0 Å². The third-order valence-corrected chi connectivity index (χ3v) is 4.61. The molecule has 0 unspecified atom stereocenters. The molecule has 0 bridgehead atoms. The Bertz CT molecular complexity index is 1030. The SMILES string of the molecule is Cc1ccc2cccc(OS(=O)(=O)c3ccc([N+](=O)[O-])cc3)c2n1. The quantitative estimate of drug-likeness (QED) is 0.409. The molecule has 0 fully saturated rings. The van der Waals surface area contributed by atoms with Crippen LogP contribution in [-0.2, 0) is 10.1 Å². The number of aryl methyl sites for hydroxylation is 1. The molecule has 3 rings (SSSR count). The Kier molecular flexibility index (Phi) is 3.90. The van der Waals surface area contributed by atoms with E-state index in [0.717, 1.165) is 35.3 Å². The van der Waals surface area contributed by atoms with Gasteiger partial charge in [-0.05, 0) is 31.2 Å². The Morgan fingerprint density at radius 2 is 1.75 bits per heavy atom. The van der Waals surface area contributed by atoms with Crippen molar-refractivity contribution in [2.24, 2.45) is 0 Å². The van der Waals surface area contributed by atoms with E-state index in [-0.39, 0.29) is 16.3 Å². The Balaban J connectivity index is 2.00. The summed E-state index contributed by atoms with van der Waals surface area (Å²) in [5, 5.41) is 11.4. The number of aromatic nitrogens is 1. The molecule has 0 saturated carbocycles. The number of para-hydroxylation sites is 1. The standard InChI is InChI=1S/C16H12N2O5S/c1-11-5-6-12-3-2-4-15(16(12)17-11)23-24(21,22)14-9-7-13(8-10-14)18(19)20/h2-10H,1H3. The first-order valence-corrected chi connectivity index (χ1v) is 8.33. The van der Waals surface area contributed by atoms with Gasteiger partial charge in [0, 0.05) is 23.2 Å². The van der Waals surface area contributed by atoms with E-state index in [1.807, 2.05) is 12.1 Å². The first kappa shape index (κ1) is 15.9. The predicted molar refractivity (Wildman–Crippen MR) is 87.4 cm³/mol. The van der Waals surface area contributed by atoms with Crippen molar-refractivity contribution in [2.45, 2.75) is 11.8 Å². The number of benzene rings is 2. The summed E-state index contributed by atoms with van der Waals surface area (Å²) in [5.74, 6) is 0.106. The van der Waals surface area contributed by atoms with Crippen molar-refractivity contribution < 1.29 is 17.5 Å². The van der Waals surface area contributed by atoms with Crippen LogP contribution in [0.2, 0.25) is 0 Å². The second-order valence-corrected chi connectivity index (χ2v) is 6.62. The van der Waals surface area contributed by atoms with Gasteiger partial charge >= 0.3 is 10.1 Å². The molecule has 24 heavy (non-hydrogen) atoms. The lowest BCUT2D eigenvalue weighted by atomic mass is 10.2. The van der Waals surface area contributed by atoms with Gasteiger partial charge in [-0.1, -0.05) is 18.2 Å². The molecule has 3 aromatic rings. The highest BCUT2D eigenvalue weighted by atomic mass is 32.2. The van der Waals surface area contributed by atoms with Crippen molar-refractivity contribution in [2.75, 3.05) is 0 Å². The van der Waals surface area contributed by atoms with E-state index in [1.165, 1.54) is 6.07 Å². The number of nitrogens with zero attached hydrogens (tertiary/aromatic N) is 2. The third-order valence-electron chi connectivity index (χ3n) is 3.36. The molecule has 0 saturated heterocycles. The molecule has 122 valence electrons. The van der Waals surface area contributed by atoms with Crippen LogP contribution in [0.4, 0.5) is 5.69 Å². The zero-order valence-corrected chi connectivity index (χ0v) is 13.4. The van der Waals surface area contributed by atoms with E-state index in [9.17, 15) is 18.5 Å². The van der Waals surface area contributed by atoms with Crippen LogP contribution in [0, 0.1) is 17.0 Å². The molecule has 0 aliphatic rings. The first-order chi connectivity index (χ1) is 11.4. The summed E-state index contributed by atoms with van der Waals surface area (Å²) < 4.78 is 30.0. The van der Waals surface area contributed by atoms with Crippen LogP contribution in [0.5, 0.6) is 5.75 Å². The van der Waals surface area contributed by atoms with Gasteiger partial charge in [0.1, 0.15) is 10.4 Å². The van der Waals surface area contributed by atoms with Gasteiger partial charge in [0.15, 0.2) is 5.75 Å². The van der Waals surface area contributed by atoms with Crippen molar-refractivity contribution in [3.05, 3.63) is 70.4 Å². The highest BCUT2D eigenvalue weighted by Crippen LogP contribution is 2.27. The van der Waals surface area contributed by atoms with Gasteiger partial charge in [-0.15, -0.1) is 0 Å².